The smallest absolute Gasteiger partial charge is 0.122 e. The number of aromatic nitrogens is 1. The van der Waals surface area contributed by atoms with Gasteiger partial charge in [0.1, 0.15) is 11.9 Å². The fraction of sp³-hybridized carbons (Fsp3) is 0.643. The molecule has 0 radical (unpaired) electrons. The number of nitrogen functional groups attached to an aromatic ring is 1. The Labute approximate surface area is 109 Å². The molecular weight excluding hydrogens is 224 g/mol. The van der Waals surface area contributed by atoms with Crippen LogP contribution >= 0.6 is 0 Å². The van der Waals surface area contributed by atoms with Gasteiger partial charge in [0, 0.05) is 18.8 Å². The van der Waals surface area contributed by atoms with Crippen molar-refractivity contribution >= 4 is 5.82 Å². The number of piperidine rings is 1. The van der Waals surface area contributed by atoms with Gasteiger partial charge < -0.3 is 15.2 Å². The second-order valence-electron chi connectivity index (χ2n) is 5.14. The van der Waals surface area contributed by atoms with E-state index in [4.69, 9.17) is 11.0 Å². The number of hydrogen-bond donors (Lipinski definition) is 1. The molecule has 0 aliphatic carbocycles. The minimum atomic E-state index is 0.629. The third-order valence-corrected chi connectivity index (χ3v) is 4.07. The van der Waals surface area contributed by atoms with Crippen LogP contribution < -0.4 is 5.73 Å². The Morgan fingerprint density at radius 2 is 1.83 bits per heavy atom. The summed E-state index contributed by atoms with van der Waals surface area (Å²) < 4.78 is 2.09. The maximum atomic E-state index is 9.10. The molecule has 1 aliphatic heterocycles. The molecule has 0 atom stereocenters. The van der Waals surface area contributed by atoms with Crippen molar-refractivity contribution in [2.75, 3.05) is 25.4 Å². The van der Waals surface area contributed by atoms with E-state index < -0.39 is 0 Å². The summed E-state index contributed by atoms with van der Waals surface area (Å²) in [6.45, 7) is 8.34. The molecule has 0 amide bonds. The summed E-state index contributed by atoms with van der Waals surface area (Å²) in [5, 5.41) is 9.10. The Hall–Kier alpha value is -1.47. The zero-order chi connectivity index (χ0) is 13.1. The van der Waals surface area contributed by atoms with E-state index in [1.54, 1.807) is 0 Å². The number of anilines is 1. The van der Waals surface area contributed by atoms with Crippen LogP contribution in [0.1, 0.15) is 36.1 Å². The number of hydrogen-bond acceptors (Lipinski definition) is 3. The van der Waals surface area contributed by atoms with Crippen LogP contribution in [0.25, 0.3) is 0 Å². The van der Waals surface area contributed by atoms with Gasteiger partial charge in [-0.3, -0.25) is 0 Å². The van der Waals surface area contributed by atoms with Crippen molar-refractivity contribution in [1.29, 1.82) is 5.26 Å². The number of rotatable bonds is 3. The highest BCUT2D eigenvalue weighted by molar-refractivity contribution is 5.57. The summed E-state index contributed by atoms with van der Waals surface area (Å²) in [5.41, 5.74) is 8.85. The summed E-state index contributed by atoms with van der Waals surface area (Å²) in [6.07, 6.45) is 3.98. The summed E-state index contributed by atoms with van der Waals surface area (Å²) in [5.74, 6) is 0.629. The molecule has 0 spiro atoms. The lowest BCUT2D eigenvalue weighted by molar-refractivity contribution is 0.221. The van der Waals surface area contributed by atoms with Crippen molar-refractivity contribution in [2.24, 2.45) is 0 Å². The zero-order valence-electron chi connectivity index (χ0n) is 11.4. The van der Waals surface area contributed by atoms with Crippen LogP contribution in [0.2, 0.25) is 0 Å². The maximum Gasteiger partial charge on any atom is 0.122 e. The average molecular weight is 246 g/mol. The maximum absolute atomic E-state index is 9.10. The second-order valence-corrected chi connectivity index (χ2v) is 5.14. The molecule has 0 bridgehead atoms. The molecule has 1 aromatic heterocycles. The topological polar surface area (TPSA) is 58.0 Å². The SMILES string of the molecule is Cc1c(C#N)c(N)n(CCN2CCCCC2)c1C. The third kappa shape index (κ3) is 2.37. The number of likely N-dealkylation sites (tertiary alicyclic amines) is 1. The van der Waals surface area contributed by atoms with Gasteiger partial charge in [-0.05, 0) is 45.3 Å². The number of nitrogens with two attached hydrogens (primary N) is 1. The van der Waals surface area contributed by atoms with E-state index in [9.17, 15) is 0 Å². The normalized spacial score (nSPS) is 16.7. The van der Waals surface area contributed by atoms with Crippen LogP contribution in [0.3, 0.4) is 0 Å². The second kappa shape index (κ2) is 5.45. The summed E-state index contributed by atoms with van der Waals surface area (Å²) in [4.78, 5) is 2.49. The molecule has 4 nitrogen and oxygen atoms in total. The summed E-state index contributed by atoms with van der Waals surface area (Å²) in [7, 11) is 0. The molecule has 18 heavy (non-hydrogen) atoms. The van der Waals surface area contributed by atoms with E-state index in [0.717, 1.165) is 24.3 Å². The first-order valence-electron chi connectivity index (χ1n) is 6.72. The lowest BCUT2D eigenvalue weighted by Gasteiger charge is -2.26. The van der Waals surface area contributed by atoms with Crippen molar-refractivity contribution in [1.82, 2.24) is 9.47 Å². The van der Waals surface area contributed by atoms with E-state index in [1.165, 1.54) is 32.4 Å². The first kappa shape index (κ1) is 13.0. The van der Waals surface area contributed by atoms with E-state index in [-0.39, 0.29) is 0 Å². The van der Waals surface area contributed by atoms with Gasteiger partial charge >= 0.3 is 0 Å². The molecule has 4 heteroatoms. The lowest BCUT2D eigenvalue weighted by atomic mass is 10.1. The largest absolute Gasteiger partial charge is 0.384 e. The first-order valence-corrected chi connectivity index (χ1v) is 6.72. The highest BCUT2D eigenvalue weighted by Gasteiger charge is 2.16. The standard InChI is InChI=1S/C14H22N4/c1-11-12(2)18(14(16)13(11)10-15)9-8-17-6-4-3-5-7-17/h3-9,16H2,1-2H3. The van der Waals surface area contributed by atoms with Crippen molar-refractivity contribution in [2.45, 2.75) is 39.7 Å². The minimum absolute atomic E-state index is 0.629. The Balaban J connectivity index is 2.07. The van der Waals surface area contributed by atoms with Gasteiger partial charge in [0.05, 0.1) is 5.56 Å². The summed E-state index contributed by atoms with van der Waals surface area (Å²) in [6, 6.07) is 2.20. The van der Waals surface area contributed by atoms with Crippen molar-refractivity contribution in [3.63, 3.8) is 0 Å². The fourth-order valence-electron chi connectivity index (χ4n) is 2.74. The van der Waals surface area contributed by atoms with Crippen LogP contribution in [-0.4, -0.2) is 29.1 Å². The number of nitriles is 1. The van der Waals surface area contributed by atoms with Crippen LogP contribution in [-0.2, 0) is 6.54 Å². The molecule has 98 valence electrons. The van der Waals surface area contributed by atoms with Crippen LogP contribution in [0.4, 0.5) is 5.82 Å². The Kier molecular flexibility index (Phi) is 3.93. The monoisotopic (exact) mass is 246 g/mol. The van der Waals surface area contributed by atoms with Gasteiger partial charge in [-0.2, -0.15) is 5.26 Å². The Morgan fingerprint density at radius 3 is 2.39 bits per heavy atom. The lowest BCUT2D eigenvalue weighted by Crippen LogP contribution is -2.32. The Bertz CT molecular complexity index is 461. The van der Waals surface area contributed by atoms with Crippen molar-refractivity contribution in [3.05, 3.63) is 16.8 Å². The molecule has 0 saturated carbocycles. The minimum Gasteiger partial charge on any atom is -0.384 e. The Morgan fingerprint density at radius 1 is 1.17 bits per heavy atom. The van der Waals surface area contributed by atoms with E-state index in [2.05, 4.69) is 15.5 Å². The predicted molar refractivity (Wildman–Crippen MR) is 73.3 cm³/mol. The quantitative estimate of drug-likeness (QED) is 0.888. The third-order valence-electron chi connectivity index (χ3n) is 4.07. The van der Waals surface area contributed by atoms with Gasteiger partial charge in [0.15, 0.2) is 0 Å². The molecule has 1 aliphatic rings. The van der Waals surface area contributed by atoms with Crippen LogP contribution in [0.5, 0.6) is 0 Å². The van der Waals surface area contributed by atoms with E-state index >= 15 is 0 Å². The highest BCUT2D eigenvalue weighted by Crippen LogP contribution is 2.23. The molecule has 2 N–H and O–H groups in total. The molecule has 1 aromatic rings. The van der Waals surface area contributed by atoms with Gasteiger partial charge in [-0.15, -0.1) is 0 Å². The van der Waals surface area contributed by atoms with Crippen LogP contribution in [0.15, 0.2) is 0 Å². The molecule has 0 aromatic carbocycles. The van der Waals surface area contributed by atoms with Gasteiger partial charge in [-0.1, -0.05) is 6.42 Å². The van der Waals surface area contributed by atoms with Gasteiger partial charge in [-0.25, -0.2) is 0 Å². The average Bonchev–Trinajstić information content (AvgIpc) is 2.60. The predicted octanol–water partition coefficient (Wildman–Crippen LogP) is 2.04. The molecule has 0 unspecified atom stereocenters. The van der Waals surface area contributed by atoms with E-state index in [1.807, 2.05) is 13.8 Å². The van der Waals surface area contributed by atoms with Gasteiger partial charge in [0.25, 0.3) is 0 Å². The molecular formula is C14H22N4. The molecule has 1 saturated heterocycles. The van der Waals surface area contributed by atoms with Crippen molar-refractivity contribution in [3.8, 4) is 6.07 Å². The van der Waals surface area contributed by atoms with Crippen molar-refractivity contribution < 1.29 is 0 Å². The zero-order valence-corrected chi connectivity index (χ0v) is 11.4. The molecule has 2 heterocycles. The highest BCUT2D eigenvalue weighted by atomic mass is 15.2. The summed E-state index contributed by atoms with van der Waals surface area (Å²) >= 11 is 0. The first-order chi connectivity index (χ1) is 8.65. The molecule has 2 rings (SSSR count). The molecule has 1 fully saturated rings. The number of nitrogens with zero attached hydrogens (tertiary/aromatic N) is 3. The van der Waals surface area contributed by atoms with Crippen LogP contribution in [0, 0.1) is 25.2 Å². The fourth-order valence-corrected chi connectivity index (χ4v) is 2.74. The van der Waals surface area contributed by atoms with Gasteiger partial charge in [0.2, 0.25) is 0 Å². The van der Waals surface area contributed by atoms with E-state index in [0.29, 0.717) is 11.4 Å².